The molecule has 0 aliphatic carbocycles. The van der Waals surface area contributed by atoms with Gasteiger partial charge >= 0.3 is 6.18 Å². The first-order chi connectivity index (χ1) is 13.3. The van der Waals surface area contributed by atoms with Gasteiger partial charge in [-0.1, -0.05) is 24.3 Å². The third-order valence-corrected chi connectivity index (χ3v) is 4.26. The lowest BCUT2D eigenvalue weighted by molar-refractivity contribution is -0.176. The van der Waals surface area contributed by atoms with Crippen molar-refractivity contribution in [2.45, 2.75) is 45.1 Å². The van der Waals surface area contributed by atoms with Gasteiger partial charge in [-0.3, -0.25) is 4.79 Å². The Bertz CT molecular complexity index is 679. The fraction of sp³-hybridized carbons (Fsp3) is 0.579. The summed E-state index contributed by atoms with van der Waals surface area (Å²) in [6.07, 6.45) is -3.07. The summed E-state index contributed by atoms with van der Waals surface area (Å²) >= 11 is 0. The molecule has 1 aliphatic rings. The maximum atomic E-state index is 12.2. The second kappa shape index (κ2) is 10.3. The highest BCUT2D eigenvalue weighted by atomic mass is 19.4. The van der Waals surface area contributed by atoms with Crippen molar-refractivity contribution in [3.63, 3.8) is 0 Å². The zero-order valence-corrected chi connectivity index (χ0v) is 16.2. The predicted molar refractivity (Wildman–Crippen MR) is 101 cm³/mol. The van der Waals surface area contributed by atoms with Crippen molar-refractivity contribution >= 4 is 11.9 Å². The van der Waals surface area contributed by atoms with Crippen molar-refractivity contribution < 1.29 is 22.7 Å². The summed E-state index contributed by atoms with van der Waals surface area (Å²) in [6.45, 7) is 2.30. The number of alkyl halides is 3. The summed E-state index contributed by atoms with van der Waals surface area (Å²) in [7, 11) is 1.78. The molecule has 1 heterocycles. The highest BCUT2D eigenvalue weighted by molar-refractivity contribution is 5.81. The second-order valence-electron chi connectivity index (χ2n) is 6.78. The number of carbonyl (C=O) groups is 1. The van der Waals surface area contributed by atoms with Crippen molar-refractivity contribution in [1.82, 2.24) is 15.5 Å². The normalized spacial score (nSPS) is 18.3. The molecule has 0 bridgehead atoms. The molecule has 28 heavy (non-hydrogen) atoms. The van der Waals surface area contributed by atoms with Crippen LogP contribution in [0, 0.1) is 0 Å². The molecular weight excluding hydrogens is 373 g/mol. The summed E-state index contributed by atoms with van der Waals surface area (Å²) in [4.78, 5) is 17.9. The topological polar surface area (TPSA) is 66.0 Å². The monoisotopic (exact) mass is 400 g/mol. The Morgan fingerprint density at radius 3 is 2.79 bits per heavy atom. The number of hydrogen-bond donors (Lipinski definition) is 2. The van der Waals surface area contributed by atoms with Crippen LogP contribution in [0.4, 0.5) is 13.2 Å². The van der Waals surface area contributed by atoms with Gasteiger partial charge in [0.1, 0.15) is 6.61 Å². The molecule has 1 unspecified atom stereocenters. The van der Waals surface area contributed by atoms with E-state index in [-0.39, 0.29) is 18.6 Å². The van der Waals surface area contributed by atoms with E-state index >= 15 is 0 Å². The van der Waals surface area contributed by atoms with Crippen LogP contribution in [0.15, 0.2) is 29.3 Å². The SMILES string of the molecule is CCNC(=NCc1cccc(COCC(F)(F)F)c1)NC1CCC(=O)N(C)C1. The average molecular weight is 400 g/mol. The molecule has 1 atom stereocenters. The van der Waals surface area contributed by atoms with Gasteiger partial charge < -0.3 is 20.3 Å². The van der Waals surface area contributed by atoms with Crippen LogP contribution in [0.2, 0.25) is 0 Å². The van der Waals surface area contributed by atoms with Gasteiger partial charge in [-0.25, -0.2) is 4.99 Å². The minimum atomic E-state index is -4.33. The molecule has 2 rings (SSSR count). The smallest absolute Gasteiger partial charge is 0.367 e. The number of rotatable bonds is 7. The van der Waals surface area contributed by atoms with E-state index in [4.69, 9.17) is 4.74 Å². The number of nitrogens with one attached hydrogen (secondary N) is 2. The lowest BCUT2D eigenvalue weighted by Crippen LogP contribution is -2.51. The second-order valence-corrected chi connectivity index (χ2v) is 6.78. The van der Waals surface area contributed by atoms with Crippen LogP contribution in [0.1, 0.15) is 30.9 Å². The Hall–Kier alpha value is -2.29. The molecule has 156 valence electrons. The minimum absolute atomic E-state index is 0.0994. The van der Waals surface area contributed by atoms with Gasteiger partial charge in [0, 0.05) is 32.6 Å². The molecule has 6 nitrogen and oxygen atoms in total. The van der Waals surface area contributed by atoms with E-state index in [1.807, 2.05) is 13.0 Å². The molecule has 1 fully saturated rings. The molecule has 0 aromatic heterocycles. The number of aliphatic imine (C=N–C) groups is 1. The Kier molecular flexibility index (Phi) is 8.10. The van der Waals surface area contributed by atoms with Crippen LogP contribution in [0.3, 0.4) is 0 Å². The van der Waals surface area contributed by atoms with Gasteiger partial charge in [0.15, 0.2) is 5.96 Å². The number of hydrogen-bond acceptors (Lipinski definition) is 3. The number of piperidine rings is 1. The van der Waals surface area contributed by atoms with Crippen LogP contribution < -0.4 is 10.6 Å². The van der Waals surface area contributed by atoms with Crippen molar-refractivity contribution in [3.05, 3.63) is 35.4 Å². The van der Waals surface area contributed by atoms with E-state index in [1.54, 1.807) is 30.1 Å². The van der Waals surface area contributed by atoms with Gasteiger partial charge in [-0.15, -0.1) is 0 Å². The first kappa shape index (κ1) is 22.0. The number of halogens is 3. The molecule has 2 N–H and O–H groups in total. The summed E-state index contributed by atoms with van der Waals surface area (Å²) in [6, 6.07) is 7.29. The van der Waals surface area contributed by atoms with Crippen LogP contribution in [-0.2, 0) is 22.7 Å². The number of guanidine groups is 1. The quantitative estimate of drug-likeness (QED) is 0.545. The molecule has 1 aromatic rings. The summed E-state index contributed by atoms with van der Waals surface area (Å²) in [5, 5.41) is 6.52. The molecule has 9 heteroatoms. The van der Waals surface area contributed by atoms with Crippen molar-refractivity contribution in [2.24, 2.45) is 4.99 Å². The van der Waals surface area contributed by atoms with Gasteiger partial charge in [0.25, 0.3) is 0 Å². The fourth-order valence-corrected chi connectivity index (χ4v) is 2.92. The maximum absolute atomic E-state index is 12.2. The Morgan fingerprint density at radius 1 is 1.36 bits per heavy atom. The Balaban J connectivity index is 1.92. The third-order valence-electron chi connectivity index (χ3n) is 4.26. The van der Waals surface area contributed by atoms with E-state index in [9.17, 15) is 18.0 Å². The molecule has 0 saturated carbocycles. The minimum Gasteiger partial charge on any atom is -0.367 e. The first-order valence-electron chi connectivity index (χ1n) is 9.28. The Labute approximate surface area is 163 Å². The number of amides is 1. The van der Waals surface area contributed by atoms with Crippen LogP contribution >= 0.6 is 0 Å². The van der Waals surface area contributed by atoms with Gasteiger partial charge in [0.05, 0.1) is 13.2 Å². The zero-order chi connectivity index (χ0) is 20.6. The number of likely N-dealkylation sites (tertiary alicyclic amines) is 1. The number of carbonyl (C=O) groups excluding carboxylic acids is 1. The van der Waals surface area contributed by atoms with Gasteiger partial charge in [-0.05, 0) is 24.5 Å². The summed E-state index contributed by atoms with van der Waals surface area (Å²) in [5.41, 5.74) is 1.54. The molecule has 1 saturated heterocycles. The highest BCUT2D eigenvalue weighted by Crippen LogP contribution is 2.16. The summed E-state index contributed by atoms with van der Waals surface area (Å²) < 4.78 is 41.2. The lowest BCUT2D eigenvalue weighted by atomic mass is 10.1. The van der Waals surface area contributed by atoms with Gasteiger partial charge in [0.2, 0.25) is 5.91 Å². The van der Waals surface area contributed by atoms with E-state index in [0.717, 1.165) is 12.0 Å². The number of nitrogens with zero attached hydrogens (tertiary/aromatic N) is 2. The highest BCUT2D eigenvalue weighted by Gasteiger charge is 2.27. The zero-order valence-electron chi connectivity index (χ0n) is 16.2. The van der Waals surface area contributed by atoms with Gasteiger partial charge in [-0.2, -0.15) is 13.2 Å². The Morgan fingerprint density at radius 2 is 2.11 bits per heavy atom. The number of benzene rings is 1. The van der Waals surface area contributed by atoms with Crippen molar-refractivity contribution in [3.8, 4) is 0 Å². The fourth-order valence-electron chi connectivity index (χ4n) is 2.92. The number of ether oxygens (including phenoxy) is 1. The van der Waals surface area contributed by atoms with E-state index in [1.165, 1.54) is 0 Å². The van der Waals surface area contributed by atoms with E-state index in [2.05, 4.69) is 15.6 Å². The molecule has 1 amide bonds. The van der Waals surface area contributed by atoms with E-state index < -0.39 is 12.8 Å². The molecular formula is C19H27F3N4O2. The molecule has 1 aromatic carbocycles. The lowest BCUT2D eigenvalue weighted by Gasteiger charge is -2.31. The molecule has 1 aliphatic heterocycles. The van der Waals surface area contributed by atoms with Crippen molar-refractivity contribution in [2.75, 3.05) is 26.7 Å². The summed E-state index contributed by atoms with van der Waals surface area (Å²) in [5.74, 6) is 0.790. The van der Waals surface area contributed by atoms with Crippen molar-refractivity contribution in [1.29, 1.82) is 0 Å². The molecule has 0 radical (unpaired) electrons. The largest absolute Gasteiger partial charge is 0.411 e. The van der Waals surface area contributed by atoms with Crippen LogP contribution in [0.25, 0.3) is 0 Å². The number of likely N-dealkylation sites (N-methyl/N-ethyl adjacent to an activating group) is 1. The first-order valence-corrected chi connectivity index (χ1v) is 9.28. The van der Waals surface area contributed by atoms with Crippen LogP contribution in [-0.4, -0.2) is 55.7 Å². The third kappa shape index (κ3) is 7.75. The standard InChI is InChI=1S/C19H27F3N4O2/c1-3-23-18(25-16-7-8-17(27)26(2)11-16)24-10-14-5-4-6-15(9-14)12-28-13-19(20,21)22/h4-6,9,16H,3,7-8,10-13H2,1-2H3,(H2,23,24,25). The predicted octanol–water partition coefficient (Wildman–Crippen LogP) is 2.44. The van der Waals surface area contributed by atoms with E-state index in [0.29, 0.717) is 37.6 Å². The van der Waals surface area contributed by atoms with Crippen LogP contribution in [0.5, 0.6) is 0 Å². The average Bonchev–Trinajstić information content (AvgIpc) is 2.62. The molecule has 0 spiro atoms. The maximum Gasteiger partial charge on any atom is 0.411 e.